The Hall–Kier alpha value is 1.15. The Morgan fingerprint density at radius 2 is 1.92 bits per heavy atom. The van der Waals surface area contributed by atoms with Crippen molar-refractivity contribution in [3.05, 3.63) is 0 Å². The van der Waals surface area contributed by atoms with Crippen LogP contribution in [0.5, 0.6) is 0 Å². The van der Waals surface area contributed by atoms with Gasteiger partial charge in [-0.25, -0.2) is 0 Å². The third-order valence-corrected chi connectivity index (χ3v) is 2.26. The molecule has 0 saturated carbocycles. The smallest absolute Gasteiger partial charge is 0.102 e. The van der Waals surface area contributed by atoms with E-state index < -0.39 is 5.60 Å². The topological polar surface area (TPSA) is 32.6 Å². The molecule has 1 unspecified atom stereocenters. The minimum Gasteiger partial charge on any atom is -0.384 e. The second-order valence-electron chi connectivity index (χ2n) is 2.94. The zero-order valence-corrected chi connectivity index (χ0v) is 10.00. The van der Waals surface area contributed by atoms with Crippen molar-refractivity contribution in [2.24, 2.45) is 4.99 Å². The van der Waals surface area contributed by atoms with Gasteiger partial charge >= 0.3 is 0 Å². The molecule has 0 bridgehead atoms. The summed E-state index contributed by atoms with van der Waals surface area (Å²) in [5.74, 6) is 0. The standard InChI is InChI=1S/C9H19NO.Yb/c1-5-7-9(11,6-2)8(3)10-4;/h11H,5-7H2,1-4H3;. The molecule has 0 rings (SSSR count). The van der Waals surface area contributed by atoms with Crippen molar-refractivity contribution in [3.63, 3.8) is 0 Å². The summed E-state index contributed by atoms with van der Waals surface area (Å²) in [4.78, 5) is 4.02. The molecule has 1 atom stereocenters. The van der Waals surface area contributed by atoms with Gasteiger partial charge in [0.15, 0.2) is 0 Å². The Bertz CT molecular complexity index is 147. The van der Waals surface area contributed by atoms with Gasteiger partial charge in [-0.1, -0.05) is 20.3 Å². The Morgan fingerprint density at radius 1 is 1.42 bits per heavy atom. The fraction of sp³-hybridized carbons (Fsp3) is 0.889. The van der Waals surface area contributed by atoms with Crippen molar-refractivity contribution in [1.82, 2.24) is 0 Å². The number of hydrogen-bond donors (Lipinski definition) is 1. The van der Waals surface area contributed by atoms with E-state index in [1.807, 2.05) is 13.8 Å². The SMILES string of the molecule is CCCC(O)(CC)C(C)=NC.[Yb]. The van der Waals surface area contributed by atoms with Crippen LogP contribution < -0.4 is 0 Å². The van der Waals surface area contributed by atoms with E-state index in [1.54, 1.807) is 7.05 Å². The van der Waals surface area contributed by atoms with Crippen molar-refractivity contribution < 1.29 is 52.0 Å². The van der Waals surface area contributed by atoms with Gasteiger partial charge in [-0.05, 0) is 19.8 Å². The molecule has 2 nitrogen and oxygen atoms in total. The monoisotopic (exact) mass is 331 g/mol. The zero-order valence-electron chi connectivity index (χ0n) is 8.28. The van der Waals surface area contributed by atoms with Crippen LogP contribution in [0.25, 0.3) is 0 Å². The summed E-state index contributed by atoms with van der Waals surface area (Å²) in [6.45, 7) is 5.95. The molecular weight excluding hydrogens is 311 g/mol. The molecule has 12 heavy (non-hydrogen) atoms. The molecule has 0 aliphatic carbocycles. The van der Waals surface area contributed by atoms with E-state index in [0.29, 0.717) is 0 Å². The van der Waals surface area contributed by atoms with Crippen molar-refractivity contribution in [1.29, 1.82) is 0 Å². The first-order chi connectivity index (χ1) is 5.10. The van der Waals surface area contributed by atoms with Gasteiger partial charge in [-0.3, -0.25) is 4.99 Å². The second kappa shape index (κ2) is 7.54. The Morgan fingerprint density at radius 3 is 2.17 bits per heavy atom. The maximum atomic E-state index is 9.96. The second-order valence-corrected chi connectivity index (χ2v) is 2.94. The van der Waals surface area contributed by atoms with Crippen LogP contribution >= 0.6 is 0 Å². The van der Waals surface area contributed by atoms with Crippen molar-refractivity contribution in [3.8, 4) is 0 Å². The van der Waals surface area contributed by atoms with Gasteiger partial charge in [0, 0.05) is 59.7 Å². The molecule has 0 fully saturated rings. The molecule has 0 aromatic heterocycles. The molecule has 0 heterocycles. The first kappa shape index (κ1) is 15.6. The van der Waals surface area contributed by atoms with Gasteiger partial charge in [0.25, 0.3) is 0 Å². The van der Waals surface area contributed by atoms with E-state index in [4.69, 9.17) is 0 Å². The number of aliphatic hydroxyl groups is 1. The molecule has 0 aromatic rings. The molecule has 0 aliphatic heterocycles. The zero-order chi connectivity index (χ0) is 8.91. The summed E-state index contributed by atoms with van der Waals surface area (Å²) in [5, 5.41) is 9.96. The molecule has 0 radical (unpaired) electrons. The summed E-state index contributed by atoms with van der Waals surface area (Å²) in [6, 6.07) is 0. The van der Waals surface area contributed by atoms with Gasteiger partial charge in [0.05, 0.1) is 0 Å². The molecule has 0 spiro atoms. The predicted octanol–water partition coefficient (Wildman–Crippen LogP) is 2.02. The summed E-state index contributed by atoms with van der Waals surface area (Å²) in [5.41, 5.74) is 0.200. The Balaban J connectivity index is 0. The molecule has 0 saturated heterocycles. The van der Waals surface area contributed by atoms with Gasteiger partial charge in [0.1, 0.15) is 5.60 Å². The molecule has 0 amide bonds. The van der Waals surface area contributed by atoms with Crippen molar-refractivity contribution >= 4 is 5.71 Å². The van der Waals surface area contributed by atoms with Crippen molar-refractivity contribution in [2.45, 2.75) is 45.6 Å². The van der Waals surface area contributed by atoms with E-state index >= 15 is 0 Å². The predicted molar refractivity (Wildman–Crippen MR) is 49.2 cm³/mol. The average molecular weight is 330 g/mol. The largest absolute Gasteiger partial charge is 0.384 e. The van der Waals surface area contributed by atoms with E-state index in [-0.39, 0.29) is 46.9 Å². The van der Waals surface area contributed by atoms with Gasteiger partial charge in [-0.2, -0.15) is 0 Å². The third kappa shape index (κ3) is 4.40. The van der Waals surface area contributed by atoms with Crippen LogP contribution in [0.3, 0.4) is 0 Å². The van der Waals surface area contributed by atoms with Crippen LogP contribution in [0, 0.1) is 46.9 Å². The van der Waals surface area contributed by atoms with Crippen LogP contribution in [-0.4, -0.2) is 23.5 Å². The fourth-order valence-corrected chi connectivity index (χ4v) is 1.24. The molecule has 0 aromatic carbocycles. The van der Waals surface area contributed by atoms with E-state index in [9.17, 15) is 5.11 Å². The van der Waals surface area contributed by atoms with E-state index in [0.717, 1.165) is 25.0 Å². The van der Waals surface area contributed by atoms with Crippen LogP contribution in [0.1, 0.15) is 40.0 Å². The van der Waals surface area contributed by atoms with E-state index in [1.165, 1.54) is 0 Å². The molecule has 0 aliphatic rings. The third-order valence-electron chi connectivity index (χ3n) is 2.26. The molecular formula is C9H19NOYb. The number of hydrogen-bond acceptors (Lipinski definition) is 2. The van der Waals surface area contributed by atoms with Crippen LogP contribution in [-0.2, 0) is 0 Å². The Kier molecular flexibility index (Phi) is 9.82. The maximum Gasteiger partial charge on any atom is 0.102 e. The molecule has 3 heteroatoms. The fourth-order valence-electron chi connectivity index (χ4n) is 1.24. The molecule has 1 N–H and O–H groups in total. The van der Waals surface area contributed by atoms with Gasteiger partial charge in [-0.15, -0.1) is 0 Å². The normalized spacial score (nSPS) is 16.6. The minimum absolute atomic E-state index is 0. The number of rotatable bonds is 4. The van der Waals surface area contributed by atoms with Gasteiger partial charge < -0.3 is 5.11 Å². The maximum absolute atomic E-state index is 9.96. The van der Waals surface area contributed by atoms with Crippen molar-refractivity contribution in [2.75, 3.05) is 7.05 Å². The number of nitrogens with zero attached hydrogens (tertiary/aromatic N) is 1. The van der Waals surface area contributed by atoms with Crippen LogP contribution in [0.2, 0.25) is 0 Å². The summed E-state index contributed by atoms with van der Waals surface area (Å²) in [7, 11) is 1.73. The molecule has 80 valence electrons. The van der Waals surface area contributed by atoms with E-state index in [2.05, 4.69) is 11.9 Å². The quantitative estimate of drug-likeness (QED) is 0.786. The first-order valence-corrected chi connectivity index (χ1v) is 4.27. The average Bonchev–Trinajstić information content (AvgIpc) is 2.03. The minimum atomic E-state index is -0.649. The summed E-state index contributed by atoms with van der Waals surface area (Å²) < 4.78 is 0. The van der Waals surface area contributed by atoms with Crippen LogP contribution in [0.15, 0.2) is 4.99 Å². The van der Waals surface area contributed by atoms with Crippen LogP contribution in [0.4, 0.5) is 0 Å². The number of aliphatic imine (C=N–C) groups is 1. The summed E-state index contributed by atoms with van der Waals surface area (Å²) in [6.07, 6.45) is 2.56. The Labute approximate surface area is 114 Å². The first-order valence-electron chi connectivity index (χ1n) is 4.27. The summed E-state index contributed by atoms with van der Waals surface area (Å²) >= 11 is 0. The van der Waals surface area contributed by atoms with Gasteiger partial charge in [0.2, 0.25) is 0 Å².